The van der Waals surface area contributed by atoms with Crippen molar-refractivity contribution in [3.05, 3.63) is 64.1 Å². The van der Waals surface area contributed by atoms with Crippen molar-refractivity contribution in [3.63, 3.8) is 0 Å². The van der Waals surface area contributed by atoms with Crippen LogP contribution in [0.15, 0.2) is 53.0 Å². The van der Waals surface area contributed by atoms with Gasteiger partial charge in [0.1, 0.15) is 5.75 Å². The molecule has 2 aromatic carbocycles. The highest BCUT2D eigenvalue weighted by Gasteiger charge is 2.31. The smallest absolute Gasteiger partial charge is 0.226 e. The lowest BCUT2D eigenvalue weighted by molar-refractivity contribution is -0.138. The summed E-state index contributed by atoms with van der Waals surface area (Å²) < 4.78 is 6.60. The van der Waals surface area contributed by atoms with Gasteiger partial charge in [-0.1, -0.05) is 46.3 Å². The number of halogens is 1. The molecule has 2 aliphatic rings. The van der Waals surface area contributed by atoms with E-state index < -0.39 is 0 Å². The van der Waals surface area contributed by atoms with Crippen LogP contribution in [0, 0.1) is 11.8 Å². The Bertz CT molecular complexity index is 865. The van der Waals surface area contributed by atoms with Gasteiger partial charge in [0.05, 0.1) is 13.0 Å². The van der Waals surface area contributed by atoms with Gasteiger partial charge in [0, 0.05) is 36.2 Å². The van der Waals surface area contributed by atoms with Crippen LogP contribution in [0.2, 0.25) is 0 Å². The number of carbonyl (C=O) groups excluding carboxylic acids is 1. The van der Waals surface area contributed by atoms with Gasteiger partial charge in [-0.3, -0.25) is 9.69 Å². The molecule has 0 radical (unpaired) electrons. The molecule has 0 spiro atoms. The molecule has 0 unspecified atom stereocenters. The van der Waals surface area contributed by atoms with E-state index in [2.05, 4.69) is 62.1 Å². The van der Waals surface area contributed by atoms with Crippen LogP contribution >= 0.6 is 15.9 Å². The van der Waals surface area contributed by atoms with E-state index in [0.717, 1.165) is 75.1 Å². The molecule has 2 aromatic rings. The van der Waals surface area contributed by atoms with E-state index in [-0.39, 0.29) is 5.92 Å². The van der Waals surface area contributed by atoms with E-state index in [4.69, 9.17) is 4.74 Å². The normalized spacial score (nSPS) is 20.6. The number of rotatable bonds is 6. The van der Waals surface area contributed by atoms with Gasteiger partial charge in [0.2, 0.25) is 5.91 Å². The first kappa shape index (κ1) is 22.3. The van der Waals surface area contributed by atoms with E-state index in [9.17, 15) is 4.79 Å². The SMILES string of the molecule is COc1ccc(Br)cc1CN1CCC[C@H](C(=O)N2CCC(Cc3ccccc3)CC2)C1. The second-order valence-corrected chi connectivity index (χ2v) is 9.90. The maximum Gasteiger partial charge on any atom is 0.226 e. The Hall–Kier alpha value is -1.85. The third kappa shape index (κ3) is 5.89. The lowest BCUT2D eigenvalue weighted by Crippen LogP contribution is -2.47. The fraction of sp³-hybridized carbons (Fsp3) is 0.500. The maximum atomic E-state index is 13.3. The molecule has 2 aliphatic heterocycles. The molecule has 4 nitrogen and oxygen atoms in total. The molecule has 31 heavy (non-hydrogen) atoms. The molecule has 166 valence electrons. The highest BCUT2D eigenvalue weighted by molar-refractivity contribution is 9.10. The summed E-state index contributed by atoms with van der Waals surface area (Å²) in [5, 5.41) is 0. The van der Waals surface area contributed by atoms with Gasteiger partial charge in [-0.25, -0.2) is 0 Å². The zero-order valence-corrected chi connectivity index (χ0v) is 20.0. The summed E-state index contributed by atoms with van der Waals surface area (Å²) in [5.74, 6) is 2.09. The van der Waals surface area contributed by atoms with Crippen molar-refractivity contribution in [3.8, 4) is 5.75 Å². The molecular formula is C26H33BrN2O2. The predicted molar refractivity (Wildman–Crippen MR) is 128 cm³/mol. The summed E-state index contributed by atoms with van der Waals surface area (Å²) in [5.41, 5.74) is 2.59. The molecule has 0 aromatic heterocycles. The minimum Gasteiger partial charge on any atom is -0.496 e. The number of ether oxygens (including phenoxy) is 1. The summed E-state index contributed by atoms with van der Waals surface area (Å²) in [6, 6.07) is 16.9. The van der Waals surface area contributed by atoms with Crippen LogP contribution in [0.1, 0.15) is 36.8 Å². The van der Waals surface area contributed by atoms with Crippen LogP contribution in [-0.4, -0.2) is 49.0 Å². The Morgan fingerprint density at radius 1 is 1.06 bits per heavy atom. The average Bonchev–Trinajstić information content (AvgIpc) is 2.80. The Morgan fingerprint density at radius 3 is 2.58 bits per heavy atom. The van der Waals surface area contributed by atoms with Gasteiger partial charge < -0.3 is 9.64 Å². The van der Waals surface area contributed by atoms with Gasteiger partial charge in [0.15, 0.2) is 0 Å². The maximum absolute atomic E-state index is 13.3. The van der Waals surface area contributed by atoms with E-state index in [0.29, 0.717) is 11.8 Å². The molecule has 1 atom stereocenters. The van der Waals surface area contributed by atoms with Crippen molar-refractivity contribution in [1.82, 2.24) is 9.80 Å². The third-order valence-corrected chi connectivity index (χ3v) is 7.28. The monoisotopic (exact) mass is 484 g/mol. The summed E-state index contributed by atoms with van der Waals surface area (Å²) in [4.78, 5) is 17.8. The number of likely N-dealkylation sites (tertiary alicyclic amines) is 2. The van der Waals surface area contributed by atoms with Crippen molar-refractivity contribution in [1.29, 1.82) is 0 Å². The van der Waals surface area contributed by atoms with Crippen LogP contribution in [0.5, 0.6) is 5.75 Å². The van der Waals surface area contributed by atoms with Crippen molar-refractivity contribution in [2.45, 2.75) is 38.6 Å². The topological polar surface area (TPSA) is 32.8 Å². The minimum absolute atomic E-state index is 0.123. The van der Waals surface area contributed by atoms with Crippen molar-refractivity contribution >= 4 is 21.8 Å². The summed E-state index contributed by atoms with van der Waals surface area (Å²) in [6.45, 7) is 4.53. The lowest BCUT2D eigenvalue weighted by Gasteiger charge is -2.38. The largest absolute Gasteiger partial charge is 0.496 e. The molecule has 2 heterocycles. The van der Waals surface area contributed by atoms with E-state index in [1.807, 2.05) is 12.1 Å². The molecule has 4 rings (SSSR count). The van der Waals surface area contributed by atoms with E-state index in [1.165, 1.54) is 11.1 Å². The number of hydrogen-bond donors (Lipinski definition) is 0. The van der Waals surface area contributed by atoms with Gasteiger partial charge >= 0.3 is 0 Å². The van der Waals surface area contributed by atoms with Gasteiger partial charge in [0.25, 0.3) is 0 Å². The van der Waals surface area contributed by atoms with Crippen molar-refractivity contribution in [2.24, 2.45) is 11.8 Å². The van der Waals surface area contributed by atoms with E-state index >= 15 is 0 Å². The number of carbonyl (C=O) groups is 1. The van der Waals surface area contributed by atoms with E-state index in [1.54, 1.807) is 7.11 Å². The highest BCUT2D eigenvalue weighted by atomic mass is 79.9. The standard InChI is InChI=1S/C26H33BrN2O2/c1-31-25-10-9-24(27)17-23(25)19-28-13-5-8-22(18-28)26(30)29-14-11-21(12-15-29)16-20-6-3-2-4-7-20/h2-4,6-7,9-10,17,21-22H,5,8,11-16,18-19H2,1H3/t22-/m0/s1. The molecular weight excluding hydrogens is 452 g/mol. The fourth-order valence-corrected chi connectivity index (χ4v) is 5.48. The minimum atomic E-state index is 0.123. The first-order valence-corrected chi connectivity index (χ1v) is 12.3. The van der Waals surface area contributed by atoms with Crippen LogP contribution < -0.4 is 4.74 Å². The Morgan fingerprint density at radius 2 is 1.84 bits per heavy atom. The summed E-state index contributed by atoms with van der Waals surface area (Å²) >= 11 is 3.57. The Balaban J connectivity index is 1.30. The first-order chi connectivity index (χ1) is 15.1. The molecule has 0 aliphatic carbocycles. The summed E-state index contributed by atoms with van der Waals surface area (Å²) in [7, 11) is 1.72. The second kappa shape index (κ2) is 10.6. The van der Waals surface area contributed by atoms with Crippen molar-refractivity contribution < 1.29 is 9.53 Å². The fourth-order valence-electron chi connectivity index (χ4n) is 5.08. The van der Waals surface area contributed by atoms with Gasteiger partial charge in [-0.15, -0.1) is 0 Å². The van der Waals surface area contributed by atoms with Gasteiger partial charge in [-0.05, 0) is 68.3 Å². The number of methoxy groups -OCH3 is 1. The van der Waals surface area contributed by atoms with Crippen LogP contribution in [0.3, 0.4) is 0 Å². The Labute approximate surface area is 194 Å². The quantitative estimate of drug-likeness (QED) is 0.568. The summed E-state index contributed by atoms with van der Waals surface area (Å²) in [6.07, 6.45) is 5.46. The van der Waals surface area contributed by atoms with Crippen LogP contribution in [-0.2, 0) is 17.8 Å². The van der Waals surface area contributed by atoms with Crippen molar-refractivity contribution in [2.75, 3.05) is 33.3 Å². The van der Waals surface area contributed by atoms with Crippen LogP contribution in [0.25, 0.3) is 0 Å². The van der Waals surface area contributed by atoms with Gasteiger partial charge in [-0.2, -0.15) is 0 Å². The second-order valence-electron chi connectivity index (χ2n) is 8.99. The molecule has 0 saturated carbocycles. The molecule has 2 fully saturated rings. The number of benzene rings is 2. The molecule has 0 bridgehead atoms. The zero-order valence-electron chi connectivity index (χ0n) is 18.4. The average molecular weight is 485 g/mol. The molecule has 2 saturated heterocycles. The van der Waals surface area contributed by atoms with Crippen LogP contribution in [0.4, 0.5) is 0 Å². The number of amides is 1. The first-order valence-electron chi connectivity index (χ1n) is 11.5. The predicted octanol–water partition coefficient (Wildman–Crippen LogP) is 5.15. The number of piperidine rings is 2. The third-order valence-electron chi connectivity index (χ3n) is 6.78. The molecule has 5 heteroatoms. The lowest BCUT2D eigenvalue weighted by atomic mass is 9.89. The number of nitrogens with zero attached hydrogens (tertiary/aromatic N) is 2. The molecule has 1 amide bonds. The number of hydrogen-bond acceptors (Lipinski definition) is 3. The Kier molecular flexibility index (Phi) is 7.67. The zero-order chi connectivity index (χ0) is 21.6. The molecule has 0 N–H and O–H groups in total. The highest BCUT2D eigenvalue weighted by Crippen LogP contribution is 2.28.